The lowest BCUT2D eigenvalue weighted by Crippen LogP contribution is -2.15. The summed E-state index contributed by atoms with van der Waals surface area (Å²) in [7, 11) is -4.41. The summed E-state index contributed by atoms with van der Waals surface area (Å²) >= 11 is 0. The number of rotatable bonds is 4. The van der Waals surface area contributed by atoms with Crippen LogP contribution in [0.3, 0.4) is 0 Å². The Morgan fingerprint density at radius 3 is 2.12 bits per heavy atom. The summed E-state index contributed by atoms with van der Waals surface area (Å²) in [4.78, 5) is 9.92. The van der Waals surface area contributed by atoms with Crippen LogP contribution in [0.2, 0.25) is 0 Å². The normalized spacial score (nSPS) is 12.0. The Bertz CT molecular complexity index is 877. The van der Waals surface area contributed by atoms with Gasteiger partial charge in [0.15, 0.2) is 0 Å². The van der Waals surface area contributed by atoms with Crippen molar-refractivity contribution in [1.29, 1.82) is 0 Å². The molecule has 0 saturated heterocycles. The first-order valence-electron chi connectivity index (χ1n) is 6.23. The molecule has 0 amide bonds. The van der Waals surface area contributed by atoms with Gasteiger partial charge in [0, 0.05) is 5.69 Å². The molecule has 2 aromatic rings. The molecule has 0 radical (unpaired) electrons. The van der Waals surface area contributed by atoms with Crippen molar-refractivity contribution in [1.82, 2.24) is 0 Å². The number of benzene rings is 2. The average molecular weight is 363 g/mol. The van der Waals surface area contributed by atoms with Crippen molar-refractivity contribution < 1.29 is 35.9 Å². The number of sulfonamides is 1. The Labute approximate surface area is 133 Å². The molecule has 128 valence electrons. The molecule has 0 atom stereocenters. The third-order valence-electron chi connectivity index (χ3n) is 2.94. The number of nitrogens with one attached hydrogen (secondary N) is 1. The van der Waals surface area contributed by atoms with Crippen LogP contribution in [0.4, 0.5) is 23.2 Å². The van der Waals surface area contributed by atoms with Gasteiger partial charge in [-0.05, 0) is 42.5 Å². The molecule has 0 heterocycles. The third kappa shape index (κ3) is 3.82. The number of halogens is 4. The highest BCUT2D eigenvalue weighted by atomic mass is 32.2. The smallest absolute Gasteiger partial charge is 0.419 e. The zero-order chi connectivity index (χ0) is 18.1. The number of hydrogen-bond acceptors (Lipinski definition) is 3. The molecule has 0 bridgehead atoms. The van der Waals surface area contributed by atoms with Gasteiger partial charge in [0.2, 0.25) is 0 Å². The third-order valence-corrected chi connectivity index (χ3v) is 4.32. The van der Waals surface area contributed by atoms with Gasteiger partial charge in [-0.25, -0.2) is 17.6 Å². The molecule has 0 aliphatic heterocycles. The van der Waals surface area contributed by atoms with Crippen molar-refractivity contribution in [2.75, 3.05) is 4.72 Å². The van der Waals surface area contributed by atoms with E-state index < -0.39 is 38.4 Å². The van der Waals surface area contributed by atoms with Crippen LogP contribution < -0.4 is 4.72 Å². The van der Waals surface area contributed by atoms with Crippen molar-refractivity contribution in [2.24, 2.45) is 0 Å². The predicted molar refractivity (Wildman–Crippen MR) is 75.6 cm³/mol. The fourth-order valence-electron chi connectivity index (χ4n) is 1.78. The number of aromatic carboxylic acids is 1. The summed E-state index contributed by atoms with van der Waals surface area (Å²) in [6, 6.07) is 5.79. The van der Waals surface area contributed by atoms with Crippen LogP contribution in [0.15, 0.2) is 47.4 Å². The molecule has 5 nitrogen and oxygen atoms in total. The topological polar surface area (TPSA) is 83.5 Å². The van der Waals surface area contributed by atoms with Gasteiger partial charge in [0.1, 0.15) is 5.82 Å². The average Bonchev–Trinajstić information content (AvgIpc) is 2.46. The first-order valence-corrected chi connectivity index (χ1v) is 7.72. The van der Waals surface area contributed by atoms with Gasteiger partial charge in [-0.15, -0.1) is 0 Å². The summed E-state index contributed by atoms with van der Waals surface area (Å²) in [5, 5.41) is 8.74. The molecular formula is C14H9F4NO4S. The number of carboxylic acids is 1. The van der Waals surface area contributed by atoms with Crippen LogP contribution in [0, 0.1) is 5.82 Å². The van der Waals surface area contributed by atoms with E-state index in [1.807, 2.05) is 4.72 Å². The van der Waals surface area contributed by atoms with Crippen LogP contribution in [-0.4, -0.2) is 19.5 Å². The lowest BCUT2D eigenvalue weighted by atomic mass is 10.2. The van der Waals surface area contributed by atoms with Gasteiger partial charge in [0.05, 0.1) is 16.0 Å². The van der Waals surface area contributed by atoms with Crippen LogP contribution in [-0.2, 0) is 16.2 Å². The van der Waals surface area contributed by atoms with Gasteiger partial charge in [-0.3, -0.25) is 4.72 Å². The maximum absolute atomic E-state index is 13.2. The Hall–Kier alpha value is -2.62. The van der Waals surface area contributed by atoms with Crippen molar-refractivity contribution in [3.63, 3.8) is 0 Å². The van der Waals surface area contributed by atoms with E-state index >= 15 is 0 Å². The number of alkyl halides is 3. The zero-order valence-electron chi connectivity index (χ0n) is 11.6. The minimum absolute atomic E-state index is 0.0575. The van der Waals surface area contributed by atoms with Crippen molar-refractivity contribution in [3.05, 3.63) is 59.4 Å². The Kier molecular flexibility index (Phi) is 4.52. The van der Waals surface area contributed by atoms with Gasteiger partial charge >= 0.3 is 12.1 Å². The molecule has 0 aliphatic rings. The lowest BCUT2D eigenvalue weighted by molar-refractivity contribution is -0.140. The van der Waals surface area contributed by atoms with E-state index in [4.69, 9.17) is 5.11 Å². The second-order valence-electron chi connectivity index (χ2n) is 4.63. The van der Waals surface area contributed by atoms with Gasteiger partial charge in [-0.2, -0.15) is 13.2 Å². The molecule has 0 spiro atoms. The second kappa shape index (κ2) is 6.11. The highest BCUT2D eigenvalue weighted by Gasteiger charge is 2.35. The minimum atomic E-state index is -5.04. The summed E-state index contributed by atoms with van der Waals surface area (Å²) in [5.41, 5.74) is -1.86. The predicted octanol–water partition coefficient (Wildman–Crippen LogP) is 3.34. The quantitative estimate of drug-likeness (QED) is 0.816. The summed E-state index contributed by atoms with van der Waals surface area (Å²) in [6.45, 7) is 0. The molecular weight excluding hydrogens is 354 g/mol. The Morgan fingerprint density at radius 1 is 1.04 bits per heavy atom. The highest BCUT2D eigenvalue weighted by Crippen LogP contribution is 2.33. The number of hydrogen-bond donors (Lipinski definition) is 2. The summed E-state index contributed by atoms with van der Waals surface area (Å²) in [5.74, 6) is -2.81. The molecule has 0 aliphatic carbocycles. The maximum Gasteiger partial charge on any atom is 0.419 e. The van der Waals surface area contributed by atoms with Crippen molar-refractivity contribution in [2.45, 2.75) is 11.1 Å². The van der Waals surface area contributed by atoms with E-state index in [0.717, 1.165) is 24.3 Å². The molecule has 0 unspecified atom stereocenters. The largest absolute Gasteiger partial charge is 0.478 e. The number of carbonyl (C=O) groups is 1. The highest BCUT2D eigenvalue weighted by molar-refractivity contribution is 7.92. The van der Waals surface area contributed by atoms with E-state index in [1.54, 1.807) is 0 Å². The second-order valence-corrected chi connectivity index (χ2v) is 6.31. The first-order chi connectivity index (χ1) is 11.0. The zero-order valence-corrected chi connectivity index (χ0v) is 12.5. The van der Waals surface area contributed by atoms with Crippen molar-refractivity contribution in [3.8, 4) is 0 Å². The number of anilines is 1. The van der Waals surface area contributed by atoms with E-state index in [1.165, 1.54) is 0 Å². The van der Waals surface area contributed by atoms with Gasteiger partial charge in [0.25, 0.3) is 10.0 Å². The van der Waals surface area contributed by atoms with Crippen LogP contribution in [0.1, 0.15) is 15.9 Å². The van der Waals surface area contributed by atoms with E-state index in [9.17, 15) is 30.8 Å². The lowest BCUT2D eigenvalue weighted by Gasteiger charge is -2.12. The first kappa shape index (κ1) is 17.7. The van der Waals surface area contributed by atoms with Crippen LogP contribution in [0.25, 0.3) is 0 Å². The number of carboxylic acid groups (broad SMARTS) is 1. The van der Waals surface area contributed by atoms with Crippen LogP contribution >= 0.6 is 0 Å². The molecule has 0 fully saturated rings. The Balaban J connectivity index is 2.35. The maximum atomic E-state index is 13.2. The fourth-order valence-corrected chi connectivity index (χ4v) is 2.87. The fraction of sp³-hybridized carbons (Fsp3) is 0.0714. The summed E-state index contributed by atoms with van der Waals surface area (Å²) in [6.07, 6.45) is -5.04. The van der Waals surface area contributed by atoms with Crippen LogP contribution in [0.5, 0.6) is 0 Å². The molecule has 10 heteroatoms. The summed E-state index contributed by atoms with van der Waals surface area (Å²) < 4.78 is 77.3. The van der Waals surface area contributed by atoms with E-state index in [0.29, 0.717) is 12.1 Å². The Morgan fingerprint density at radius 2 is 1.62 bits per heavy atom. The standard InChI is InChI=1S/C14H9F4NO4S/c15-12-6-5-10(7-11(12)14(16,17)18)24(22,23)19-9-3-1-8(2-4-9)13(20)21/h1-7,19H,(H,20,21). The molecule has 24 heavy (non-hydrogen) atoms. The monoisotopic (exact) mass is 363 g/mol. The SMILES string of the molecule is O=C(O)c1ccc(NS(=O)(=O)c2ccc(F)c(C(F)(F)F)c2)cc1. The van der Waals surface area contributed by atoms with E-state index in [-0.39, 0.29) is 17.3 Å². The molecule has 0 saturated carbocycles. The van der Waals surface area contributed by atoms with Gasteiger partial charge in [-0.1, -0.05) is 0 Å². The van der Waals surface area contributed by atoms with Gasteiger partial charge < -0.3 is 5.11 Å². The van der Waals surface area contributed by atoms with Crippen molar-refractivity contribution >= 4 is 21.7 Å². The molecule has 2 aromatic carbocycles. The molecule has 2 rings (SSSR count). The molecule has 2 N–H and O–H groups in total. The molecule has 0 aromatic heterocycles. The van der Waals surface area contributed by atoms with E-state index in [2.05, 4.69) is 0 Å². The minimum Gasteiger partial charge on any atom is -0.478 e.